The van der Waals surface area contributed by atoms with Gasteiger partial charge in [0.05, 0.1) is 0 Å². The molecule has 0 heterocycles. The topological polar surface area (TPSA) is 0 Å². The largest absolute Gasteiger partial charge is 0.103 e. The molecule has 0 aliphatic rings. The molecule has 74 valence electrons. The third kappa shape index (κ3) is 5.46. The molecule has 0 amide bonds. The first-order chi connectivity index (χ1) is 6.11. The zero-order valence-corrected chi connectivity index (χ0v) is 9.43. The molecule has 1 unspecified atom stereocenters. The average Bonchev–Trinajstić information content (AvgIpc) is 2.13. The van der Waals surface area contributed by atoms with Gasteiger partial charge in [-0.1, -0.05) is 36.3 Å². The van der Waals surface area contributed by atoms with Gasteiger partial charge in [-0.15, -0.1) is 6.58 Å². The van der Waals surface area contributed by atoms with Gasteiger partial charge >= 0.3 is 0 Å². The van der Waals surface area contributed by atoms with Crippen LogP contribution < -0.4 is 0 Å². The first-order valence-electron chi connectivity index (χ1n) is 5.01. The summed E-state index contributed by atoms with van der Waals surface area (Å²) in [5.41, 5.74) is 2.94. The molecule has 0 aromatic rings. The van der Waals surface area contributed by atoms with Crippen molar-refractivity contribution in [2.75, 3.05) is 0 Å². The number of allylic oxidation sites excluding steroid dienone is 5. The van der Waals surface area contributed by atoms with Crippen LogP contribution in [0.4, 0.5) is 0 Å². The molecular weight excluding hydrogens is 156 g/mol. The fraction of sp³-hybridized carbons (Fsp3) is 0.538. The minimum absolute atomic E-state index is 0.663. The summed E-state index contributed by atoms with van der Waals surface area (Å²) in [6.07, 6.45) is 8.57. The second-order valence-electron chi connectivity index (χ2n) is 3.71. The summed E-state index contributed by atoms with van der Waals surface area (Å²) in [7, 11) is 0. The highest BCUT2D eigenvalue weighted by molar-refractivity contribution is 5.09. The van der Waals surface area contributed by atoms with E-state index in [0.717, 1.165) is 6.42 Å². The van der Waals surface area contributed by atoms with E-state index in [0.29, 0.717) is 5.92 Å². The van der Waals surface area contributed by atoms with Crippen molar-refractivity contribution in [2.24, 2.45) is 5.92 Å². The van der Waals surface area contributed by atoms with E-state index in [1.54, 1.807) is 0 Å². The van der Waals surface area contributed by atoms with Crippen molar-refractivity contribution in [3.8, 4) is 0 Å². The normalized spacial score (nSPS) is 15.7. The Morgan fingerprint density at radius 3 is 2.46 bits per heavy atom. The van der Waals surface area contributed by atoms with Crippen LogP contribution in [0.2, 0.25) is 0 Å². The lowest BCUT2D eigenvalue weighted by Gasteiger charge is -2.12. The van der Waals surface area contributed by atoms with Gasteiger partial charge < -0.3 is 0 Å². The van der Waals surface area contributed by atoms with E-state index in [4.69, 9.17) is 0 Å². The molecule has 0 nitrogen and oxygen atoms in total. The SMILES string of the molecule is C=CC/C=C(\C)C(C)C/C(C)=C/C. The maximum Gasteiger partial charge on any atom is -0.0169 e. The Hall–Kier alpha value is -0.780. The van der Waals surface area contributed by atoms with Crippen molar-refractivity contribution in [3.05, 3.63) is 36.0 Å². The van der Waals surface area contributed by atoms with E-state index in [1.807, 2.05) is 6.08 Å². The van der Waals surface area contributed by atoms with Crippen molar-refractivity contribution in [1.82, 2.24) is 0 Å². The molecule has 13 heavy (non-hydrogen) atoms. The number of hydrogen-bond acceptors (Lipinski definition) is 0. The summed E-state index contributed by atoms with van der Waals surface area (Å²) in [4.78, 5) is 0. The van der Waals surface area contributed by atoms with Gasteiger partial charge in [0.15, 0.2) is 0 Å². The van der Waals surface area contributed by atoms with Crippen LogP contribution in [0.15, 0.2) is 36.0 Å². The lowest BCUT2D eigenvalue weighted by Crippen LogP contribution is -1.97. The minimum Gasteiger partial charge on any atom is -0.103 e. The summed E-state index contributed by atoms with van der Waals surface area (Å²) in [5, 5.41) is 0. The van der Waals surface area contributed by atoms with Gasteiger partial charge in [-0.25, -0.2) is 0 Å². The van der Waals surface area contributed by atoms with Gasteiger partial charge in [0.25, 0.3) is 0 Å². The molecule has 0 rings (SSSR count). The van der Waals surface area contributed by atoms with Gasteiger partial charge in [0, 0.05) is 0 Å². The Bertz CT molecular complexity index is 206. The Morgan fingerprint density at radius 1 is 1.38 bits per heavy atom. The van der Waals surface area contributed by atoms with Crippen LogP contribution in [0.1, 0.15) is 40.5 Å². The fourth-order valence-electron chi connectivity index (χ4n) is 1.23. The zero-order valence-electron chi connectivity index (χ0n) is 9.43. The predicted octanol–water partition coefficient (Wildman–Crippen LogP) is 4.50. The molecule has 0 N–H and O–H groups in total. The fourth-order valence-corrected chi connectivity index (χ4v) is 1.23. The van der Waals surface area contributed by atoms with Crippen LogP contribution in [0, 0.1) is 5.92 Å². The van der Waals surface area contributed by atoms with Gasteiger partial charge in [0.2, 0.25) is 0 Å². The van der Waals surface area contributed by atoms with Gasteiger partial charge in [-0.3, -0.25) is 0 Å². The third-order valence-corrected chi connectivity index (χ3v) is 2.50. The first kappa shape index (κ1) is 12.2. The number of hydrogen-bond donors (Lipinski definition) is 0. The Labute approximate surface area is 83.0 Å². The standard InChI is InChI=1S/C13H22/c1-6-8-9-12(4)13(5)10-11(3)7-2/h6-7,9,13H,1,8,10H2,2-5H3/b11-7+,12-9+. The van der Waals surface area contributed by atoms with Crippen molar-refractivity contribution < 1.29 is 0 Å². The molecule has 0 spiro atoms. The smallest absolute Gasteiger partial charge is 0.0169 e. The summed E-state index contributed by atoms with van der Waals surface area (Å²) in [6.45, 7) is 12.5. The second-order valence-corrected chi connectivity index (χ2v) is 3.71. The summed E-state index contributed by atoms with van der Waals surface area (Å²) in [6, 6.07) is 0. The molecule has 0 heteroatoms. The van der Waals surface area contributed by atoms with Crippen molar-refractivity contribution in [2.45, 2.75) is 40.5 Å². The molecule has 0 aliphatic carbocycles. The van der Waals surface area contributed by atoms with E-state index < -0.39 is 0 Å². The molecule has 0 saturated carbocycles. The molecule has 0 fully saturated rings. The highest BCUT2D eigenvalue weighted by Gasteiger charge is 2.03. The summed E-state index contributed by atoms with van der Waals surface area (Å²) in [5.74, 6) is 0.663. The maximum atomic E-state index is 3.71. The second kappa shape index (κ2) is 6.71. The Morgan fingerprint density at radius 2 is 2.00 bits per heavy atom. The van der Waals surface area contributed by atoms with Crippen LogP contribution in [0.3, 0.4) is 0 Å². The zero-order chi connectivity index (χ0) is 10.3. The highest BCUT2D eigenvalue weighted by Crippen LogP contribution is 2.19. The quantitative estimate of drug-likeness (QED) is 0.544. The van der Waals surface area contributed by atoms with Crippen molar-refractivity contribution in [1.29, 1.82) is 0 Å². The molecule has 0 radical (unpaired) electrons. The monoisotopic (exact) mass is 178 g/mol. The van der Waals surface area contributed by atoms with E-state index in [-0.39, 0.29) is 0 Å². The van der Waals surface area contributed by atoms with Crippen molar-refractivity contribution >= 4 is 0 Å². The van der Waals surface area contributed by atoms with Crippen LogP contribution >= 0.6 is 0 Å². The van der Waals surface area contributed by atoms with E-state index >= 15 is 0 Å². The van der Waals surface area contributed by atoms with Gasteiger partial charge in [0.1, 0.15) is 0 Å². The van der Waals surface area contributed by atoms with E-state index in [1.165, 1.54) is 17.6 Å². The van der Waals surface area contributed by atoms with Crippen LogP contribution in [-0.4, -0.2) is 0 Å². The first-order valence-corrected chi connectivity index (χ1v) is 5.01. The minimum atomic E-state index is 0.663. The highest BCUT2D eigenvalue weighted by atomic mass is 14.1. The lowest BCUT2D eigenvalue weighted by atomic mass is 9.94. The number of rotatable bonds is 5. The average molecular weight is 178 g/mol. The lowest BCUT2D eigenvalue weighted by molar-refractivity contribution is 0.668. The molecule has 0 saturated heterocycles. The summed E-state index contributed by atoms with van der Waals surface area (Å²) >= 11 is 0. The van der Waals surface area contributed by atoms with Gasteiger partial charge in [-0.05, 0) is 39.5 Å². The van der Waals surface area contributed by atoms with E-state index in [9.17, 15) is 0 Å². The van der Waals surface area contributed by atoms with Crippen LogP contribution in [-0.2, 0) is 0 Å². The maximum absolute atomic E-state index is 3.71. The molecule has 0 aromatic carbocycles. The van der Waals surface area contributed by atoms with Crippen LogP contribution in [0.5, 0.6) is 0 Å². The molecule has 0 bridgehead atoms. The molecule has 0 aliphatic heterocycles. The van der Waals surface area contributed by atoms with E-state index in [2.05, 4.69) is 46.4 Å². The van der Waals surface area contributed by atoms with Gasteiger partial charge in [-0.2, -0.15) is 0 Å². The molecular formula is C13H22. The van der Waals surface area contributed by atoms with Crippen LogP contribution in [0.25, 0.3) is 0 Å². The molecule has 0 aromatic heterocycles. The third-order valence-electron chi connectivity index (χ3n) is 2.50. The Balaban J connectivity index is 4.09. The predicted molar refractivity (Wildman–Crippen MR) is 61.8 cm³/mol. The Kier molecular flexibility index (Phi) is 6.30. The summed E-state index contributed by atoms with van der Waals surface area (Å²) < 4.78 is 0. The molecule has 1 atom stereocenters. The van der Waals surface area contributed by atoms with Crippen molar-refractivity contribution in [3.63, 3.8) is 0 Å².